The number of thiazole rings is 1. The van der Waals surface area contributed by atoms with Crippen LogP contribution in [-0.2, 0) is 6.54 Å². The number of para-hydroxylation sites is 1. The first-order chi connectivity index (χ1) is 10.0. The minimum absolute atomic E-state index is 0.117. The van der Waals surface area contributed by atoms with Crippen LogP contribution >= 0.6 is 11.3 Å². The monoisotopic (exact) mass is 306 g/mol. The number of ether oxygens (including phenoxy) is 1. The molecular formula is C16H22N2O2S. The number of methoxy groups -OCH3 is 1. The average Bonchev–Trinajstić information content (AvgIpc) is 2.82. The Balaban J connectivity index is 2.06. The van der Waals surface area contributed by atoms with E-state index in [2.05, 4.69) is 24.9 Å². The van der Waals surface area contributed by atoms with Crippen LogP contribution < -0.4 is 9.61 Å². The summed E-state index contributed by atoms with van der Waals surface area (Å²) >= 11 is 1.26. The zero-order chi connectivity index (χ0) is 15.4. The van der Waals surface area contributed by atoms with E-state index in [1.54, 1.807) is 7.11 Å². The number of rotatable bonds is 6. The van der Waals surface area contributed by atoms with Gasteiger partial charge in [0.15, 0.2) is 0 Å². The molecule has 0 aliphatic carbocycles. The fourth-order valence-corrected chi connectivity index (χ4v) is 3.14. The van der Waals surface area contributed by atoms with Gasteiger partial charge in [-0.25, -0.2) is 0 Å². The number of aromatic nitrogens is 1. The van der Waals surface area contributed by atoms with E-state index in [4.69, 9.17) is 4.74 Å². The zero-order valence-corrected chi connectivity index (χ0v) is 13.8. The van der Waals surface area contributed by atoms with Gasteiger partial charge in [-0.05, 0) is 27.0 Å². The predicted molar refractivity (Wildman–Crippen MR) is 87.4 cm³/mol. The van der Waals surface area contributed by atoms with Gasteiger partial charge in [0.2, 0.25) is 0 Å². The molecule has 0 bridgehead atoms. The second-order valence-electron chi connectivity index (χ2n) is 5.19. The third-order valence-electron chi connectivity index (χ3n) is 3.90. The smallest absolute Gasteiger partial charge is 0.307 e. The first-order valence-corrected chi connectivity index (χ1v) is 7.90. The Morgan fingerprint density at radius 1 is 1.38 bits per heavy atom. The molecule has 1 heterocycles. The number of likely N-dealkylation sites (N-methyl/N-ethyl adjacent to an activating group) is 1. The summed E-state index contributed by atoms with van der Waals surface area (Å²) < 4.78 is 7.25. The molecule has 5 heteroatoms. The van der Waals surface area contributed by atoms with Gasteiger partial charge in [-0.1, -0.05) is 29.5 Å². The summed E-state index contributed by atoms with van der Waals surface area (Å²) in [6, 6.07) is 8.30. The van der Waals surface area contributed by atoms with Crippen LogP contribution in [0.2, 0.25) is 0 Å². The first kappa shape index (κ1) is 15.8. The molecular weight excluding hydrogens is 284 g/mol. The van der Waals surface area contributed by atoms with Crippen molar-refractivity contribution in [3.8, 4) is 5.75 Å². The third-order valence-corrected chi connectivity index (χ3v) is 4.78. The van der Waals surface area contributed by atoms with E-state index >= 15 is 0 Å². The SMILES string of the molecule is COc1ccccc1[C@@H](C)N(C)CCn1c(C)csc1=O. The van der Waals surface area contributed by atoms with E-state index in [1.807, 2.05) is 35.1 Å². The van der Waals surface area contributed by atoms with Crippen LogP contribution in [0.15, 0.2) is 34.4 Å². The Bertz CT molecular complexity index is 648. The summed E-state index contributed by atoms with van der Waals surface area (Å²) in [4.78, 5) is 14.1. The lowest BCUT2D eigenvalue weighted by Gasteiger charge is -2.26. The second-order valence-corrected chi connectivity index (χ2v) is 6.01. The highest BCUT2D eigenvalue weighted by Gasteiger charge is 2.16. The largest absolute Gasteiger partial charge is 0.496 e. The molecule has 0 unspecified atom stereocenters. The lowest BCUT2D eigenvalue weighted by atomic mass is 10.1. The van der Waals surface area contributed by atoms with Gasteiger partial charge in [0.1, 0.15) is 5.75 Å². The summed E-state index contributed by atoms with van der Waals surface area (Å²) in [5, 5.41) is 1.91. The number of nitrogens with zero attached hydrogens (tertiary/aromatic N) is 2. The Morgan fingerprint density at radius 3 is 2.71 bits per heavy atom. The Kier molecular flexibility index (Phi) is 5.20. The van der Waals surface area contributed by atoms with Crippen LogP contribution in [0.5, 0.6) is 5.75 Å². The normalized spacial score (nSPS) is 12.6. The number of hydrogen-bond donors (Lipinski definition) is 0. The van der Waals surface area contributed by atoms with Crippen LogP contribution in [0.4, 0.5) is 0 Å². The molecule has 21 heavy (non-hydrogen) atoms. The molecule has 0 radical (unpaired) electrons. The Morgan fingerprint density at radius 2 is 2.10 bits per heavy atom. The molecule has 114 valence electrons. The second kappa shape index (κ2) is 6.91. The molecule has 0 saturated heterocycles. The number of hydrogen-bond acceptors (Lipinski definition) is 4. The molecule has 2 aromatic rings. The fourth-order valence-electron chi connectivity index (χ4n) is 2.37. The highest BCUT2D eigenvalue weighted by atomic mass is 32.1. The van der Waals surface area contributed by atoms with Crippen molar-refractivity contribution in [3.05, 3.63) is 50.6 Å². The van der Waals surface area contributed by atoms with Crippen LogP contribution in [0, 0.1) is 6.92 Å². The van der Waals surface area contributed by atoms with Crippen LogP contribution in [0.25, 0.3) is 0 Å². The predicted octanol–water partition coefficient (Wildman–Crippen LogP) is 2.92. The van der Waals surface area contributed by atoms with Crippen molar-refractivity contribution in [1.29, 1.82) is 0 Å². The maximum atomic E-state index is 11.7. The van der Waals surface area contributed by atoms with Crippen molar-refractivity contribution in [1.82, 2.24) is 9.47 Å². The van der Waals surface area contributed by atoms with Gasteiger partial charge in [0.25, 0.3) is 0 Å². The highest BCUT2D eigenvalue weighted by Crippen LogP contribution is 2.27. The van der Waals surface area contributed by atoms with Crippen molar-refractivity contribution < 1.29 is 4.74 Å². The van der Waals surface area contributed by atoms with E-state index in [1.165, 1.54) is 11.3 Å². The van der Waals surface area contributed by atoms with E-state index < -0.39 is 0 Å². The Labute approximate surface area is 129 Å². The van der Waals surface area contributed by atoms with Crippen LogP contribution in [-0.4, -0.2) is 30.2 Å². The summed E-state index contributed by atoms with van der Waals surface area (Å²) in [6.07, 6.45) is 0. The van der Waals surface area contributed by atoms with Crippen molar-refractivity contribution in [2.75, 3.05) is 20.7 Å². The topological polar surface area (TPSA) is 34.5 Å². The maximum Gasteiger partial charge on any atom is 0.307 e. The van der Waals surface area contributed by atoms with Crippen LogP contribution in [0.3, 0.4) is 0 Å². The molecule has 1 atom stereocenters. The summed E-state index contributed by atoms with van der Waals surface area (Å²) in [7, 11) is 3.77. The summed E-state index contributed by atoms with van der Waals surface area (Å²) in [5.41, 5.74) is 2.19. The minimum Gasteiger partial charge on any atom is -0.496 e. The van der Waals surface area contributed by atoms with E-state index in [-0.39, 0.29) is 10.9 Å². The van der Waals surface area contributed by atoms with Gasteiger partial charge < -0.3 is 9.30 Å². The molecule has 1 aromatic carbocycles. The third kappa shape index (κ3) is 3.54. The molecule has 0 saturated carbocycles. The molecule has 1 aromatic heterocycles. The number of aryl methyl sites for hydroxylation is 1. The van der Waals surface area contributed by atoms with Gasteiger partial charge in [0.05, 0.1) is 7.11 Å². The molecule has 0 spiro atoms. The summed E-state index contributed by atoms with van der Waals surface area (Å²) in [6.45, 7) is 5.66. The van der Waals surface area contributed by atoms with Crippen molar-refractivity contribution in [3.63, 3.8) is 0 Å². The molecule has 0 aliphatic rings. The molecule has 0 fully saturated rings. The average molecular weight is 306 g/mol. The fraction of sp³-hybridized carbons (Fsp3) is 0.438. The minimum atomic E-state index is 0.117. The van der Waals surface area contributed by atoms with Gasteiger partial charge in [-0.3, -0.25) is 9.69 Å². The molecule has 0 aliphatic heterocycles. The van der Waals surface area contributed by atoms with E-state index in [0.29, 0.717) is 6.54 Å². The van der Waals surface area contributed by atoms with Crippen molar-refractivity contribution >= 4 is 11.3 Å². The quantitative estimate of drug-likeness (QED) is 0.823. The molecule has 0 N–H and O–H groups in total. The summed E-state index contributed by atoms with van der Waals surface area (Å²) in [5.74, 6) is 0.903. The standard InChI is InChI=1S/C16H22N2O2S/c1-12-11-21-16(19)18(12)10-9-17(3)13(2)14-7-5-6-8-15(14)20-4/h5-8,11,13H,9-10H2,1-4H3/t13-/m1/s1. The molecule has 2 rings (SSSR count). The Hall–Kier alpha value is -1.59. The van der Waals surface area contributed by atoms with Gasteiger partial charge >= 0.3 is 4.87 Å². The molecule has 4 nitrogen and oxygen atoms in total. The van der Waals surface area contributed by atoms with Gasteiger partial charge in [-0.15, -0.1) is 0 Å². The first-order valence-electron chi connectivity index (χ1n) is 7.02. The molecule has 0 amide bonds. The maximum absolute atomic E-state index is 11.7. The van der Waals surface area contributed by atoms with Gasteiger partial charge in [-0.2, -0.15) is 0 Å². The number of benzene rings is 1. The zero-order valence-electron chi connectivity index (χ0n) is 13.0. The van der Waals surface area contributed by atoms with Crippen LogP contribution in [0.1, 0.15) is 24.2 Å². The van der Waals surface area contributed by atoms with Crippen molar-refractivity contribution in [2.24, 2.45) is 0 Å². The van der Waals surface area contributed by atoms with E-state index in [9.17, 15) is 4.79 Å². The van der Waals surface area contributed by atoms with E-state index in [0.717, 1.165) is 23.6 Å². The lowest BCUT2D eigenvalue weighted by molar-refractivity contribution is 0.244. The highest BCUT2D eigenvalue weighted by molar-refractivity contribution is 7.07. The van der Waals surface area contributed by atoms with Crippen molar-refractivity contribution in [2.45, 2.75) is 26.4 Å². The lowest BCUT2D eigenvalue weighted by Crippen LogP contribution is -2.29. The van der Waals surface area contributed by atoms with Gasteiger partial charge in [0, 0.05) is 35.8 Å².